The highest BCUT2D eigenvalue weighted by Gasteiger charge is 2.33. The molecule has 2 heterocycles. The van der Waals surface area contributed by atoms with Gasteiger partial charge in [0.15, 0.2) is 5.58 Å². The van der Waals surface area contributed by atoms with Gasteiger partial charge in [-0.15, -0.1) is 0 Å². The highest BCUT2D eigenvalue weighted by Crippen LogP contribution is 2.32. The summed E-state index contributed by atoms with van der Waals surface area (Å²) in [6, 6.07) is 6.19. The first-order valence-electron chi connectivity index (χ1n) is 8.66. The smallest absolute Gasteiger partial charge is 0.298 e. The number of carbonyl (C=O) groups excluding carboxylic acids is 1. The van der Waals surface area contributed by atoms with Gasteiger partial charge in [0.25, 0.3) is 6.01 Å². The molecule has 2 aliphatic rings. The van der Waals surface area contributed by atoms with Crippen molar-refractivity contribution in [2.24, 2.45) is 11.8 Å². The van der Waals surface area contributed by atoms with Crippen LogP contribution in [0.2, 0.25) is 5.02 Å². The first kappa shape index (κ1) is 15.8. The Labute approximate surface area is 146 Å². The number of hydrogen-bond acceptors (Lipinski definition) is 4. The topological polar surface area (TPSA) is 49.6 Å². The molecule has 6 heteroatoms. The summed E-state index contributed by atoms with van der Waals surface area (Å²) >= 11 is 6.00. The van der Waals surface area contributed by atoms with Crippen molar-refractivity contribution < 1.29 is 9.21 Å². The van der Waals surface area contributed by atoms with Crippen LogP contribution in [-0.4, -0.2) is 42.5 Å². The minimum absolute atomic E-state index is 0.307. The average Bonchev–Trinajstić information content (AvgIpc) is 3.34. The molecule has 0 radical (unpaired) electrons. The lowest BCUT2D eigenvalue weighted by Gasteiger charge is -2.33. The van der Waals surface area contributed by atoms with Crippen LogP contribution in [0, 0.1) is 11.8 Å². The Bertz CT molecular complexity index is 748. The first-order valence-corrected chi connectivity index (χ1v) is 9.04. The van der Waals surface area contributed by atoms with Crippen LogP contribution in [0.4, 0.5) is 6.01 Å². The van der Waals surface area contributed by atoms with Crippen molar-refractivity contribution in [2.75, 3.05) is 31.6 Å². The molecule has 1 aromatic carbocycles. The predicted octanol–water partition coefficient (Wildman–Crippen LogP) is 3.57. The van der Waals surface area contributed by atoms with Crippen molar-refractivity contribution in [1.82, 2.24) is 9.88 Å². The number of nitrogens with zero attached hydrogens (tertiary/aromatic N) is 3. The molecule has 2 aromatic rings. The van der Waals surface area contributed by atoms with Crippen molar-refractivity contribution in [2.45, 2.75) is 25.7 Å². The molecule has 1 saturated carbocycles. The Morgan fingerprint density at radius 3 is 2.79 bits per heavy atom. The first-order chi connectivity index (χ1) is 11.6. The maximum Gasteiger partial charge on any atom is 0.298 e. The van der Waals surface area contributed by atoms with Gasteiger partial charge in [0.2, 0.25) is 5.91 Å². The van der Waals surface area contributed by atoms with Crippen LogP contribution in [0.3, 0.4) is 0 Å². The number of benzene rings is 1. The number of anilines is 1. The summed E-state index contributed by atoms with van der Waals surface area (Å²) < 4.78 is 5.85. The number of rotatable bonds is 4. The number of halogens is 1. The van der Waals surface area contributed by atoms with Crippen LogP contribution in [0.25, 0.3) is 11.1 Å². The molecule has 1 aliphatic heterocycles. The molecule has 0 unspecified atom stereocenters. The van der Waals surface area contributed by atoms with E-state index in [4.69, 9.17) is 16.0 Å². The van der Waals surface area contributed by atoms with Crippen LogP contribution in [-0.2, 0) is 4.79 Å². The Hall–Kier alpha value is -1.75. The molecule has 128 valence electrons. The number of hydrogen-bond donors (Lipinski definition) is 0. The second-order valence-corrected chi connectivity index (χ2v) is 7.47. The lowest BCUT2D eigenvalue weighted by molar-refractivity contribution is -0.131. The number of fused-ring (bicyclic) bond motifs is 1. The van der Waals surface area contributed by atoms with Gasteiger partial charge in [-0.05, 0) is 43.7 Å². The van der Waals surface area contributed by atoms with Gasteiger partial charge < -0.3 is 14.2 Å². The Kier molecular flexibility index (Phi) is 4.12. The highest BCUT2D eigenvalue weighted by atomic mass is 35.5. The van der Waals surface area contributed by atoms with E-state index in [1.807, 2.05) is 24.1 Å². The van der Waals surface area contributed by atoms with Crippen molar-refractivity contribution in [1.29, 1.82) is 0 Å². The van der Waals surface area contributed by atoms with Gasteiger partial charge in [0.1, 0.15) is 5.52 Å². The van der Waals surface area contributed by atoms with E-state index in [0.29, 0.717) is 28.8 Å². The molecular formula is C18H22ClN3O2. The fourth-order valence-electron chi connectivity index (χ4n) is 3.45. The van der Waals surface area contributed by atoms with Crippen LogP contribution in [0.5, 0.6) is 0 Å². The number of aromatic nitrogens is 1. The van der Waals surface area contributed by atoms with E-state index in [1.54, 1.807) is 6.07 Å². The fraction of sp³-hybridized carbons (Fsp3) is 0.556. The summed E-state index contributed by atoms with van der Waals surface area (Å²) in [7, 11) is 1.94. The third-order valence-corrected chi connectivity index (χ3v) is 5.29. The third-order valence-electron chi connectivity index (χ3n) is 5.06. The Morgan fingerprint density at radius 1 is 1.33 bits per heavy atom. The number of amides is 1. The minimum atomic E-state index is 0.307. The summed E-state index contributed by atoms with van der Waals surface area (Å²) in [4.78, 5) is 20.7. The molecule has 1 saturated heterocycles. The quantitative estimate of drug-likeness (QED) is 0.848. The lowest BCUT2D eigenvalue weighted by Crippen LogP contribution is -2.40. The fourth-order valence-corrected chi connectivity index (χ4v) is 3.61. The van der Waals surface area contributed by atoms with Crippen LogP contribution >= 0.6 is 11.6 Å². The monoisotopic (exact) mass is 347 g/mol. The van der Waals surface area contributed by atoms with Gasteiger partial charge >= 0.3 is 0 Å². The molecule has 2 fully saturated rings. The summed E-state index contributed by atoms with van der Waals surface area (Å²) in [5.74, 6) is 1.20. The van der Waals surface area contributed by atoms with Crippen molar-refractivity contribution in [3.8, 4) is 0 Å². The molecule has 1 aromatic heterocycles. The van der Waals surface area contributed by atoms with Crippen LogP contribution < -0.4 is 4.90 Å². The van der Waals surface area contributed by atoms with Gasteiger partial charge in [-0.1, -0.05) is 11.6 Å². The highest BCUT2D eigenvalue weighted by molar-refractivity contribution is 6.31. The van der Waals surface area contributed by atoms with Gasteiger partial charge in [0, 0.05) is 43.7 Å². The van der Waals surface area contributed by atoms with Crippen molar-refractivity contribution >= 4 is 34.6 Å². The van der Waals surface area contributed by atoms with Crippen LogP contribution in [0.15, 0.2) is 22.6 Å². The van der Waals surface area contributed by atoms with Crippen molar-refractivity contribution in [3.63, 3.8) is 0 Å². The van der Waals surface area contributed by atoms with E-state index in [0.717, 1.165) is 56.4 Å². The molecule has 24 heavy (non-hydrogen) atoms. The third kappa shape index (κ3) is 3.22. The molecule has 0 N–H and O–H groups in total. The second-order valence-electron chi connectivity index (χ2n) is 7.03. The molecule has 0 bridgehead atoms. The molecule has 0 spiro atoms. The molecular weight excluding hydrogens is 326 g/mol. The summed E-state index contributed by atoms with van der Waals surface area (Å²) in [6.45, 7) is 2.69. The maximum atomic E-state index is 12.1. The zero-order valence-electron chi connectivity index (χ0n) is 13.9. The SMILES string of the molecule is CN(CC1CCN(c2nc3ccc(Cl)cc3o2)CC1)C(=O)C1CC1. The van der Waals surface area contributed by atoms with Crippen molar-refractivity contribution in [3.05, 3.63) is 23.2 Å². The van der Waals surface area contributed by atoms with E-state index < -0.39 is 0 Å². The van der Waals surface area contributed by atoms with E-state index in [2.05, 4.69) is 9.88 Å². The molecule has 1 aliphatic carbocycles. The summed E-state index contributed by atoms with van der Waals surface area (Å²) in [5.41, 5.74) is 1.57. The molecule has 0 atom stereocenters. The Morgan fingerprint density at radius 2 is 2.08 bits per heavy atom. The maximum absolute atomic E-state index is 12.1. The zero-order chi connectivity index (χ0) is 16.7. The molecule has 1 amide bonds. The van der Waals surface area contributed by atoms with E-state index in [-0.39, 0.29) is 0 Å². The van der Waals surface area contributed by atoms with E-state index >= 15 is 0 Å². The van der Waals surface area contributed by atoms with Gasteiger partial charge in [-0.3, -0.25) is 4.79 Å². The van der Waals surface area contributed by atoms with E-state index in [9.17, 15) is 4.79 Å². The molecule has 4 rings (SSSR count). The normalized spacial score (nSPS) is 19.0. The largest absolute Gasteiger partial charge is 0.423 e. The minimum Gasteiger partial charge on any atom is -0.423 e. The van der Waals surface area contributed by atoms with Gasteiger partial charge in [0.05, 0.1) is 0 Å². The zero-order valence-corrected chi connectivity index (χ0v) is 14.6. The molecule has 5 nitrogen and oxygen atoms in total. The standard InChI is InChI=1S/C18H22ClN3O2/c1-21(17(23)13-2-3-13)11-12-6-8-22(9-7-12)18-20-15-5-4-14(19)10-16(15)24-18/h4-5,10,12-13H,2-3,6-9,11H2,1H3. The number of oxazole rings is 1. The number of carbonyl (C=O) groups is 1. The van der Waals surface area contributed by atoms with Crippen LogP contribution in [0.1, 0.15) is 25.7 Å². The Balaban J connectivity index is 1.35. The lowest BCUT2D eigenvalue weighted by atomic mass is 9.96. The second kappa shape index (κ2) is 6.28. The average molecular weight is 348 g/mol. The summed E-state index contributed by atoms with van der Waals surface area (Å²) in [5, 5.41) is 0.660. The van der Waals surface area contributed by atoms with Gasteiger partial charge in [-0.2, -0.15) is 4.98 Å². The summed E-state index contributed by atoms with van der Waals surface area (Å²) in [6.07, 6.45) is 4.26. The van der Waals surface area contributed by atoms with E-state index in [1.165, 1.54) is 0 Å². The predicted molar refractivity (Wildman–Crippen MR) is 94.3 cm³/mol. The number of piperidine rings is 1. The van der Waals surface area contributed by atoms with Gasteiger partial charge in [-0.25, -0.2) is 0 Å².